The van der Waals surface area contributed by atoms with Crippen molar-refractivity contribution in [1.29, 1.82) is 0 Å². The van der Waals surface area contributed by atoms with E-state index in [2.05, 4.69) is 20.8 Å². The van der Waals surface area contributed by atoms with E-state index in [1.807, 2.05) is 13.8 Å². The molecule has 1 aromatic heterocycles. The van der Waals surface area contributed by atoms with Gasteiger partial charge in [-0.3, -0.25) is 14.2 Å². The molecule has 5 N–H and O–H groups in total. The Balaban J connectivity index is 2.10. The summed E-state index contributed by atoms with van der Waals surface area (Å²) in [7, 11) is 0. The van der Waals surface area contributed by atoms with Gasteiger partial charge in [0.15, 0.2) is 5.82 Å². The van der Waals surface area contributed by atoms with Crippen LogP contribution in [0.5, 0.6) is 11.5 Å². The van der Waals surface area contributed by atoms with Crippen LogP contribution < -0.4 is 10.6 Å². The average molecular weight is 510 g/mol. The molecule has 196 valence electrons. The van der Waals surface area contributed by atoms with Gasteiger partial charge >= 0.3 is 5.97 Å². The molecule has 11 heteroatoms. The first-order chi connectivity index (χ1) is 17.5. The van der Waals surface area contributed by atoms with Crippen molar-refractivity contribution in [2.75, 3.05) is 6.54 Å². The highest BCUT2D eigenvalue weighted by atomic mass is 16.4. The number of hydrogen-bond donors (Lipinski definition) is 5. The number of amides is 2. The van der Waals surface area contributed by atoms with Crippen LogP contribution in [0.4, 0.5) is 0 Å². The molecule has 0 unspecified atom stereocenters. The van der Waals surface area contributed by atoms with Gasteiger partial charge in [-0.2, -0.15) is 0 Å². The van der Waals surface area contributed by atoms with E-state index >= 15 is 0 Å². The third kappa shape index (κ3) is 5.71. The first-order valence-corrected chi connectivity index (χ1v) is 11.9. The van der Waals surface area contributed by atoms with Crippen molar-refractivity contribution in [3.8, 4) is 28.6 Å². The molecule has 11 nitrogen and oxygen atoms in total. The Morgan fingerprint density at radius 3 is 2.14 bits per heavy atom. The van der Waals surface area contributed by atoms with Crippen molar-refractivity contribution in [2.45, 2.75) is 46.6 Å². The predicted octanol–water partition coefficient (Wildman–Crippen LogP) is 3.06. The van der Waals surface area contributed by atoms with Crippen LogP contribution in [0.3, 0.4) is 0 Å². The molecule has 0 fully saturated rings. The molecule has 1 atom stereocenters. The second-order valence-corrected chi connectivity index (χ2v) is 9.21. The molecule has 1 heterocycles. The van der Waals surface area contributed by atoms with Gasteiger partial charge in [0.05, 0.1) is 5.56 Å². The highest BCUT2D eigenvalue weighted by Crippen LogP contribution is 2.38. The van der Waals surface area contributed by atoms with E-state index < -0.39 is 23.8 Å². The van der Waals surface area contributed by atoms with Gasteiger partial charge in [-0.1, -0.05) is 27.7 Å². The number of aliphatic carboxylic acids is 1. The Hall–Kier alpha value is -4.41. The number of benzene rings is 2. The average Bonchev–Trinajstić information content (AvgIpc) is 3.27. The molecule has 2 aromatic carbocycles. The van der Waals surface area contributed by atoms with Gasteiger partial charge in [0.1, 0.15) is 17.5 Å². The molecule has 0 aliphatic heterocycles. The molecule has 0 saturated carbocycles. The number of aromatic nitrogens is 3. The Bertz CT molecular complexity index is 1310. The predicted molar refractivity (Wildman–Crippen MR) is 136 cm³/mol. The molecule has 2 amide bonds. The summed E-state index contributed by atoms with van der Waals surface area (Å²) in [5.41, 5.74) is 1.48. The van der Waals surface area contributed by atoms with Crippen LogP contribution >= 0.6 is 0 Å². The van der Waals surface area contributed by atoms with Crippen LogP contribution in [0.2, 0.25) is 0 Å². The maximum absolute atomic E-state index is 12.8. The summed E-state index contributed by atoms with van der Waals surface area (Å²) in [5, 5.41) is 43.6. The fourth-order valence-electron chi connectivity index (χ4n) is 3.83. The van der Waals surface area contributed by atoms with Gasteiger partial charge in [-0.05, 0) is 54.7 Å². The number of nitrogens with zero attached hydrogens (tertiary/aromatic N) is 3. The van der Waals surface area contributed by atoms with E-state index in [4.69, 9.17) is 0 Å². The minimum atomic E-state index is -1.13. The van der Waals surface area contributed by atoms with E-state index in [1.165, 1.54) is 22.8 Å². The number of rotatable bonds is 9. The van der Waals surface area contributed by atoms with Crippen LogP contribution in [0, 0.1) is 5.92 Å². The fourth-order valence-corrected chi connectivity index (χ4v) is 3.83. The van der Waals surface area contributed by atoms with Gasteiger partial charge in [0.25, 0.3) is 11.8 Å². The topological polar surface area (TPSA) is 167 Å². The molecule has 0 spiro atoms. The van der Waals surface area contributed by atoms with E-state index in [1.54, 1.807) is 39.0 Å². The number of phenols is 2. The number of nitrogens with one attached hydrogen (secondary N) is 2. The molecule has 0 radical (unpaired) electrons. The largest absolute Gasteiger partial charge is 0.508 e. The monoisotopic (exact) mass is 509 g/mol. The van der Waals surface area contributed by atoms with Gasteiger partial charge in [0, 0.05) is 23.9 Å². The number of carboxylic acid groups (broad SMARTS) is 1. The van der Waals surface area contributed by atoms with Crippen molar-refractivity contribution in [2.24, 2.45) is 5.92 Å². The van der Waals surface area contributed by atoms with Crippen molar-refractivity contribution in [3.63, 3.8) is 0 Å². The summed E-state index contributed by atoms with van der Waals surface area (Å²) < 4.78 is 1.44. The molecule has 3 rings (SSSR count). The SMILES string of the molecule is CCNC(=O)c1nnc(-c2cc(C(C)C)c(O)cc2O)n1-c1ccc(C(=O)N[C@H](C(=O)O)C(C)C)cc1. The molecule has 37 heavy (non-hydrogen) atoms. The quantitative estimate of drug-likeness (QED) is 0.293. The lowest BCUT2D eigenvalue weighted by Gasteiger charge is -2.18. The fraction of sp³-hybridized carbons (Fsp3) is 0.346. The number of aromatic hydroxyl groups is 2. The van der Waals surface area contributed by atoms with Crippen molar-refractivity contribution >= 4 is 17.8 Å². The maximum atomic E-state index is 12.8. The zero-order valence-electron chi connectivity index (χ0n) is 21.3. The van der Waals surface area contributed by atoms with E-state index in [9.17, 15) is 29.7 Å². The Labute approximate surface area is 214 Å². The number of carboxylic acids is 1. The minimum Gasteiger partial charge on any atom is -0.508 e. The van der Waals surface area contributed by atoms with Gasteiger partial charge in [0.2, 0.25) is 5.82 Å². The van der Waals surface area contributed by atoms with Crippen LogP contribution in [0.1, 0.15) is 67.1 Å². The molecule has 0 aliphatic carbocycles. The standard InChI is InChI=1S/C26H31N5O6/c1-6-27-25(35)23-30-29-22(18-11-17(13(2)3)19(32)12-20(18)33)31(23)16-9-7-15(8-10-16)24(34)28-21(14(4)5)26(36)37/h7-14,21,32-33H,6H2,1-5H3,(H,27,35)(H,28,34)(H,36,37)/t21-/m0/s1. The third-order valence-electron chi connectivity index (χ3n) is 5.82. The Morgan fingerprint density at radius 2 is 1.59 bits per heavy atom. The van der Waals surface area contributed by atoms with Crippen LogP contribution in [0.15, 0.2) is 36.4 Å². The number of hydrogen-bond acceptors (Lipinski definition) is 7. The van der Waals surface area contributed by atoms with Crippen LogP contribution in [-0.2, 0) is 4.79 Å². The van der Waals surface area contributed by atoms with E-state index in [0.29, 0.717) is 17.8 Å². The second-order valence-electron chi connectivity index (χ2n) is 9.21. The third-order valence-corrected chi connectivity index (χ3v) is 5.82. The van der Waals surface area contributed by atoms with Crippen molar-refractivity contribution < 1.29 is 29.7 Å². The lowest BCUT2D eigenvalue weighted by atomic mass is 9.98. The summed E-state index contributed by atoms with van der Waals surface area (Å²) in [4.78, 5) is 36.9. The Morgan fingerprint density at radius 1 is 0.946 bits per heavy atom. The highest BCUT2D eigenvalue weighted by Gasteiger charge is 2.26. The molecular weight excluding hydrogens is 478 g/mol. The van der Waals surface area contributed by atoms with Crippen molar-refractivity contribution in [1.82, 2.24) is 25.4 Å². The van der Waals surface area contributed by atoms with Crippen LogP contribution in [0.25, 0.3) is 17.1 Å². The summed E-state index contributed by atoms with van der Waals surface area (Å²) in [6.45, 7) is 9.28. The minimum absolute atomic E-state index is 0.0432. The first-order valence-electron chi connectivity index (χ1n) is 11.9. The van der Waals surface area contributed by atoms with Crippen LogP contribution in [-0.4, -0.2) is 60.5 Å². The summed E-state index contributed by atoms with van der Waals surface area (Å²) in [5.74, 6) is -2.75. The first kappa shape index (κ1) is 27.2. The van der Waals surface area contributed by atoms with Gasteiger partial charge in [-0.25, -0.2) is 4.79 Å². The lowest BCUT2D eigenvalue weighted by molar-refractivity contribution is -0.140. The molecule has 3 aromatic rings. The number of carbonyl (C=O) groups excluding carboxylic acids is 2. The molecule has 0 bridgehead atoms. The zero-order chi connectivity index (χ0) is 27.4. The highest BCUT2D eigenvalue weighted by molar-refractivity contribution is 5.97. The normalized spacial score (nSPS) is 12.0. The summed E-state index contributed by atoms with van der Waals surface area (Å²) >= 11 is 0. The molecule has 0 saturated heterocycles. The van der Waals surface area contributed by atoms with E-state index in [0.717, 1.165) is 0 Å². The second kappa shape index (κ2) is 11.1. The summed E-state index contributed by atoms with van der Waals surface area (Å²) in [6.07, 6.45) is 0. The number of phenolic OH excluding ortho intramolecular Hbond substituents is 2. The van der Waals surface area contributed by atoms with Crippen molar-refractivity contribution in [3.05, 3.63) is 53.3 Å². The van der Waals surface area contributed by atoms with Gasteiger partial charge < -0.3 is 26.0 Å². The smallest absolute Gasteiger partial charge is 0.326 e. The maximum Gasteiger partial charge on any atom is 0.326 e. The van der Waals surface area contributed by atoms with Gasteiger partial charge in [-0.15, -0.1) is 10.2 Å². The zero-order valence-corrected chi connectivity index (χ0v) is 21.3. The number of carbonyl (C=O) groups is 3. The van der Waals surface area contributed by atoms with E-state index in [-0.39, 0.29) is 46.1 Å². The Kier molecular flexibility index (Phi) is 8.16. The molecular formula is C26H31N5O6. The lowest BCUT2D eigenvalue weighted by Crippen LogP contribution is -2.44. The molecule has 0 aliphatic rings. The summed E-state index contributed by atoms with van der Waals surface area (Å²) in [6, 6.07) is 7.88.